The van der Waals surface area contributed by atoms with E-state index in [-0.39, 0.29) is 11.7 Å². The Morgan fingerprint density at radius 3 is 2.65 bits per heavy atom. The summed E-state index contributed by atoms with van der Waals surface area (Å²) in [5.74, 6) is 0.944. The maximum atomic E-state index is 12.2. The second kappa shape index (κ2) is 8.05. The SMILES string of the molecule is CCn1c(SCC(=O)Nc2ccc(C)cc2)nnc1-c1cccc(N)c1. The zero-order valence-corrected chi connectivity index (χ0v) is 15.6. The van der Waals surface area contributed by atoms with Crippen molar-refractivity contribution >= 4 is 29.0 Å². The van der Waals surface area contributed by atoms with E-state index in [1.54, 1.807) is 0 Å². The molecule has 0 aliphatic heterocycles. The van der Waals surface area contributed by atoms with Crippen LogP contribution in [0.3, 0.4) is 0 Å². The average molecular weight is 367 g/mol. The Bertz CT molecular complexity index is 905. The minimum Gasteiger partial charge on any atom is -0.399 e. The van der Waals surface area contributed by atoms with Gasteiger partial charge < -0.3 is 15.6 Å². The number of carbonyl (C=O) groups excluding carboxylic acids is 1. The molecule has 0 atom stereocenters. The number of benzene rings is 2. The van der Waals surface area contributed by atoms with Crippen LogP contribution in [0, 0.1) is 6.92 Å². The molecule has 3 aromatic rings. The van der Waals surface area contributed by atoms with Crippen LogP contribution in [-0.2, 0) is 11.3 Å². The van der Waals surface area contributed by atoms with Crippen molar-refractivity contribution in [2.75, 3.05) is 16.8 Å². The summed E-state index contributed by atoms with van der Waals surface area (Å²) in [6.45, 7) is 4.74. The first kappa shape index (κ1) is 18.0. The van der Waals surface area contributed by atoms with E-state index in [1.807, 2.05) is 66.9 Å². The molecule has 7 heteroatoms. The molecule has 0 saturated carbocycles. The van der Waals surface area contributed by atoms with E-state index < -0.39 is 0 Å². The Labute approximate surface area is 156 Å². The van der Waals surface area contributed by atoms with Gasteiger partial charge in [0.1, 0.15) is 0 Å². The lowest BCUT2D eigenvalue weighted by molar-refractivity contribution is -0.113. The Morgan fingerprint density at radius 2 is 1.96 bits per heavy atom. The molecule has 0 aliphatic rings. The molecular formula is C19H21N5OS. The van der Waals surface area contributed by atoms with Crippen molar-refractivity contribution in [3.63, 3.8) is 0 Å². The molecule has 134 valence electrons. The summed E-state index contributed by atoms with van der Waals surface area (Å²) >= 11 is 1.37. The number of aryl methyl sites for hydroxylation is 1. The van der Waals surface area contributed by atoms with Gasteiger partial charge in [-0.2, -0.15) is 0 Å². The van der Waals surface area contributed by atoms with Crippen LogP contribution < -0.4 is 11.1 Å². The second-order valence-electron chi connectivity index (χ2n) is 5.88. The van der Waals surface area contributed by atoms with Crippen LogP contribution in [0.4, 0.5) is 11.4 Å². The summed E-state index contributed by atoms with van der Waals surface area (Å²) in [7, 11) is 0. The van der Waals surface area contributed by atoms with Gasteiger partial charge in [0.25, 0.3) is 0 Å². The molecule has 1 aromatic heterocycles. The fourth-order valence-corrected chi connectivity index (χ4v) is 3.34. The lowest BCUT2D eigenvalue weighted by Crippen LogP contribution is -2.14. The predicted molar refractivity (Wildman–Crippen MR) is 106 cm³/mol. The molecule has 3 N–H and O–H groups in total. The number of rotatable bonds is 6. The van der Waals surface area contributed by atoms with E-state index >= 15 is 0 Å². The van der Waals surface area contributed by atoms with Gasteiger partial charge in [-0.1, -0.05) is 41.6 Å². The molecule has 0 spiro atoms. The summed E-state index contributed by atoms with van der Waals surface area (Å²) < 4.78 is 1.98. The topological polar surface area (TPSA) is 85.8 Å². The molecule has 0 saturated heterocycles. The van der Waals surface area contributed by atoms with Gasteiger partial charge in [0.2, 0.25) is 5.91 Å². The van der Waals surface area contributed by atoms with E-state index in [4.69, 9.17) is 5.73 Å². The maximum Gasteiger partial charge on any atom is 0.234 e. The fraction of sp³-hybridized carbons (Fsp3) is 0.211. The van der Waals surface area contributed by atoms with Crippen LogP contribution in [-0.4, -0.2) is 26.4 Å². The van der Waals surface area contributed by atoms with E-state index in [2.05, 4.69) is 15.5 Å². The molecule has 0 fully saturated rings. The number of nitrogen functional groups attached to an aromatic ring is 1. The van der Waals surface area contributed by atoms with Crippen molar-refractivity contribution in [1.82, 2.24) is 14.8 Å². The van der Waals surface area contributed by atoms with Crippen LogP contribution in [0.1, 0.15) is 12.5 Å². The Morgan fingerprint density at radius 1 is 1.19 bits per heavy atom. The van der Waals surface area contributed by atoms with Crippen molar-refractivity contribution in [3.8, 4) is 11.4 Å². The van der Waals surface area contributed by atoms with Crippen molar-refractivity contribution in [2.45, 2.75) is 25.5 Å². The number of nitrogens with zero attached hydrogens (tertiary/aromatic N) is 3. The van der Waals surface area contributed by atoms with Crippen LogP contribution in [0.5, 0.6) is 0 Å². The summed E-state index contributed by atoms with van der Waals surface area (Å²) in [5.41, 5.74) is 9.40. The number of hydrogen-bond acceptors (Lipinski definition) is 5. The first-order chi connectivity index (χ1) is 12.6. The third-order valence-electron chi connectivity index (χ3n) is 3.85. The molecule has 1 amide bonds. The minimum absolute atomic E-state index is 0.0741. The molecular weight excluding hydrogens is 346 g/mol. The summed E-state index contributed by atoms with van der Waals surface area (Å²) in [4.78, 5) is 12.2. The Hall–Kier alpha value is -2.80. The standard InChI is InChI=1S/C19H21N5OS/c1-3-24-18(14-5-4-6-15(20)11-14)22-23-19(24)26-12-17(25)21-16-9-7-13(2)8-10-16/h4-11H,3,12,20H2,1-2H3,(H,21,25). The number of aromatic nitrogens is 3. The lowest BCUT2D eigenvalue weighted by Gasteiger charge is -2.08. The normalized spacial score (nSPS) is 10.7. The zero-order chi connectivity index (χ0) is 18.5. The van der Waals surface area contributed by atoms with E-state index in [0.29, 0.717) is 17.4 Å². The van der Waals surface area contributed by atoms with Gasteiger partial charge in [-0.3, -0.25) is 4.79 Å². The van der Waals surface area contributed by atoms with Crippen molar-refractivity contribution in [3.05, 3.63) is 54.1 Å². The average Bonchev–Trinajstić information content (AvgIpc) is 3.05. The number of hydrogen-bond donors (Lipinski definition) is 2. The van der Waals surface area contributed by atoms with Crippen LogP contribution in [0.25, 0.3) is 11.4 Å². The second-order valence-corrected chi connectivity index (χ2v) is 6.82. The molecule has 6 nitrogen and oxygen atoms in total. The first-order valence-corrected chi connectivity index (χ1v) is 9.34. The van der Waals surface area contributed by atoms with E-state index in [0.717, 1.165) is 22.6 Å². The quantitative estimate of drug-likeness (QED) is 0.514. The summed E-state index contributed by atoms with van der Waals surface area (Å²) in [6, 6.07) is 15.3. The largest absolute Gasteiger partial charge is 0.399 e. The van der Waals surface area contributed by atoms with Crippen LogP contribution in [0.2, 0.25) is 0 Å². The van der Waals surface area contributed by atoms with Gasteiger partial charge >= 0.3 is 0 Å². The van der Waals surface area contributed by atoms with Crippen LogP contribution in [0.15, 0.2) is 53.7 Å². The highest BCUT2D eigenvalue weighted by Crippen LogP contribution is 2.25. The molecule has 3 rings (SSSR count). The van der Waals surface area contributed by atoms with Gasteiger partial charge in [-0.15, -0.1) is 10.2 Å². The molecule has 0 bridgehead atoms. The summed E-state index contributed by atoms with van der Waals surface area (Å²) in [5, 5.41) is 12.1. The van der Waals surface area contributed by atoms with Gasteiger partial charge in [-0.25, -0.2) is 0 Å². The molecule has 26 heavy (non-hydrogen) atoms. The number of carbonyl (C=O) groups is 1. The highest BCUT2D eigenvalue weighted by molar-refractivity contribution is 7.99. The van der Waals surface area contributed by atoms with Crippen LogP contribution >= 0.6 is 11.8 Å². The third kappa shape index (κ3) is 4.23. The number of nitrogens with one attached hydrogen (secondary N) is 1. The number of thioether (sulfide) groups is 1. The number of anilines is 2. The zero-order valence-electron chi connectivity index (χ0n) is 14.8. The van der Waals surface area contributed by atoms with Gasteiger partial charge in [0, 0.05) is 23.5 Å². The molecule has 0 unspecified atom stereocenters. The van der Waals surface area contributed by atoms with Crippen molar-refractivity contribution in [2.24, 2.45) is 0 Å². The van der Waals surface area contributed by atoms with Gasteiger partial charge in [0.15, 0.2) is 11.0 Å². The van der Waals surface area contributed by atoms with Gasteiger partial charge in [0.05, 0.1) is 5.75 Å². The van der Waals surface area contributed by atoms with Crippen molar-refractivity contribution < 1.29 is 4.79 Å². The highest BCUT2D eigenvalue weighted by Gasteiger charge is 2.14. The lowest BCUT2D eigenvalue weighted by atomic mass is 10.2. The monoisotopic (exact) mass is 367 g/mol. The minimum atomic E-state index is -0.0741. The highest BCUT2D eigenvalue weighted by atomic mass is 32.2. The third-order valence-corrected chi connectivity index (χ3v) is 4.81. The summed E-state index contributed by atoms with van der Waals surface area (Å²) in [6.07, 6.45) is 0. The Kier molecular flexibility index (Phi) is 5.58. The molecule has 0 aliphatic carbocycles. The number of nitrogens with two attached hydrogens (primary N) is 1. The predicted octanol–water partition coefficient (Wildman–Crippen LogP) is 3.59. The molecule has 2 aromatic carbocycles. The van der Waals surface area contributed by atoms with E-state index in [1.165, 1.54) is 11.8 Å². The first-order valence-electron chi connectivity index (χ1n) is 8.35. The smallest absolute Gasteiger partial charge is 0.234 e. The fourth-order valence-electron chi connectivity index (χ4n) is 2.54. The molecule has 1 heterocycles. The Balaban J connectivity index is 1.68. The maximum absolute atomic E-state index is 12.2. The van der Waals surface area contributed by atoms with Gasteiger partial charge in [-0.05, 0) is 38.1 Å². The van der Waals surface area contributed by atoms with Crippen molar-refractivity contribution in [1.29, 1.82) is 0 Å². The van der Waals surface area contributed by atoms with E-state index in [9.17, 15) is 4.79 Å². The number of amides is 1. The molecule has 0 radical (unpaired) electrons.